The van der Waals surface area contributed by atoms with Gasteiger partial charge in [-0.25, -0.2) is 17.2 Å². The summed E-state index contributed by atoms with van der Waals surface area (Å²) in [7, 11) is -4.19. The number of halogens is 3. The lowest BCUT2D eigenvalue weighted by Gasteiger charge is -2.20. The van der Waals surface area contributed by atoms with Crippen LogP contribution in [0.1, 0.15) is 52.1 Å². The second-order valence-electron chi connectivity index (χ2n) is 9.20. The largest absolute Gasteiger partial charge is 0.477 e. The number of aromatic carboxylic acids is 1. The molecule has 0 aliphatic heterocycles. The maximum Gasteiger partial charge on any atom is 0.416 e. The van der Waals surface area contributed by atoms with Gasteiger partial charge in [0.25, 0.3) is 10.0 Å². The van der Waals surface area contributed by atoms with E-state index in [0.29, 0.717) is 4.88 Å². The van der Waals surface area contributed by atoms with Gasteiger partial charge in [-0.1, -0.05) is 32.9 Å². The summed E-state index contributed by atoms with van der Waals surface area (Å²) in [5, 5.41) is 9.34. The molecule has 4 aromatic rings. The molecule has 5 nitrogen and oxygen atoms in total. The number of hydrogen-bond donors (Lipinski definition) is 1. The molecule has 0 unspecified atom stereocenters. The van der Waals surface area contributed by atoms with Crippen LogP contribution in [0, 0.1) is 0 Å². The average molecular weight is 522 g/mol. The quantitative estimate of drug-likeness (QED) is 0.323. The fourth-order valence-electron chi connectivity index (χ4n) is 3.83. The van der Waals surface area contributed by atoms with Crippen molar-refractivity contribution in [2.24, 2.45) is 0 Å². The Bertz CT molecular complexity index is 1540. The molecule has 0 amide bonds. The van der Waals surface area contributed by atoms with Crippen LogP contribution in [0.3, 0.4) is 0 Å². The van der Waals surface area contributed by atoms with Crippen molar-refractivity contribution in [3.63, 3.8) is 0 Å². The number of carbonyl (C=O) groups is 1. The molecule has 0 saturated heterocycles. The van der Waals surface area contributed by atoms with Crippen molar-refractivity contribution in [1.29, 1.82) is 0 Å². The number of thiophene rings is 1. The van der Waals surface area contributed by atoms with Crippen molar-refractivity contribution in [1.82, 2.24) is 3.97 Å². The summed E-state index contributed by atoms with van der Waals surface area (Å²) >= 11 is 0.986. The van der Waals surface area contributed by atoms with E-state index in [4.69, 9.17) is 0 Å². The van der Waals surface area contributed by atoms with Crippen LogP contribution < -0.4 is 0 Å². The number of aromatic nitrogens is 1. The van der Waals surface area contributed by atoms with Gasteiger partial charge < -0.3 is 5.11 Å². The number of carboxylic acids is 1. The Balaban J connectivity index is 1.93. The second kappa shape index (κ2) is 8.53. The molecule has 2 heterocycles. The Morgan fingerprint density at radius 1 is 0.971 bits per heavy atom. The summed E-state index contributed by atoms with van der Waals surface area (Å²) in [6, 6.07) is 13.8. The highest BCUT2D eigenvalue weighted by Gasteiger charge is 2.32. The lowest BCUT2D eigenvalue weighted by molar-refractivity contribution is -0.137. The summed E-state index contributed by atoms with van der Waals surface area (Å²) in [5.41, 5.74) is -0.0623. The highest BCUT2D eigenvalue weighted by molar-refractivity contribution is 7.90. The first-order chi connectivity index (χ1) is 16.2. The lowest BCUT2D eigenvalue weighted by Crippen LogP contribution is -2.18. The highest BCUT2D eigenvalue weighted by Crippen LogP contribution is 2.35. The third-order valence-electron chi connectivity index (χ3n) is 5.62. The van der Waals surface area contributed by atoms with E-state index in [1.54, 1.807) is 18.2 Å². The van der Waals surface area contributed by atoms with Gasteiger partial charge >= 0.3 is 12.1 Å². The van der Waals surface area contributed by atoms with E-state index in [0.717, 1.165) is 39.1 Å². The molecule has 0 radical (unpaired) electrons. The molecular formula is C25H22F3NO4S2. The molecule has 0 bridgehead atoms. The van der Waals surface area contributed by atoms with Gasteiger partial charge in [-0.05, 0) is 59.5 Å². The molecule has 35 heavy (non-hydrogen) atoms. The standard InChI is InChI=1S/C25H22F3NO4S2/c1-24(2,3)16-5-4-6-20(13-16)35(32,33)29-18(14-19-8-10-22(34-19)23(30)31)12-15-11-17(25(26,27)28)7-9-21(15)29/h4-13H,14H2,1-3H3,(H,30,31). The van der Waals surface area contributed by atoms with Crippen LogP contribution in [-0.4, -0.2) is 23.5 Å². The van der Waals surface area contributed by atoms with E-state index in [1.165, 1.54) is 18.2 Å². The van der Waals surface area contributed by atoms with Gasteiger partial charge in [-0.3, -0.25) is 0 Å². The summed E-state index contributed by atoms with van der Waals surface area (Å²) < 4.78 is 68.7. The van der Waals surface area contributed by atoms with Gasteiger partial charge in [0.15, 0.2) is 0 Å². The van der Waals surface area contributed by atoms with Crippen LogP contribution in [0.15, 0.2) is 65.6 Å². The minimum absolute atomic E-state index is 0.0148. The van der Waals surface area contributed by atoms with Gasteiger partial charge in [0.05, 0.1) is 16.0 Å². The zero-order valence-corrected chi connectivity index (χ0v) is 20.7. The Kier molecular flexibility index (Phi) is 6.09. The molecule has 0 spiro atoms. The summed E-state index contributed by atoms with van der Waals surface area (Å²) in [6.45, 7) is 5.85. The number of rotatable bonds is 5. The first-order valence-corrected chi connectivity index (χ1v) is 12.8. The molecule has 184 valence electrons. The first kappa shape index (κ1) is 25.0. The van der Waals surface area contributed by atoms with Crippen molar-refractivity contribution in [2.75, 3.05) is 0 Å². The zero-order chi connectivity index (χ0) is 25.8. The second-order valence-corrected chi connectivity index (χ2v) is 12.2. The topological polar surface area (TPSA) is 76.4 Å². The molecule has 1 N–H and O–H groups in total. The van der Waals surface area contributed by atoms with Crippen molar-refractivity contribution < 1.29 is 31.5 Å². The lowest BCUT2D eigenvalue weighted by atomic mass is 9.87. The maximum absolute atomic E-state index is 13.8. The highest BCUT2D eigenvalue weighted by atomic mass is 32.2. The van der Waals surface area contributed by atoms with E-state index in [9.17, 15) is 31.5 Å². The Hall–Kier alpha value is -3.11. The van der Waals surface area contributed by atoms with Crippen molar-refractivity contribution in [2.45, 2.75) is 43.7 Å². The summed E-state index contributed by atoms with van der Waals surface area (Å²) in [6.07, 6.45) is -4.55. The average Bonchev–Trinajstić information content (AvgIpc) is 3.37. The molecule has 0 saturated carbocycles. The maximum atomic E-state index is 13.8. The van der Waals surface area contributed by atoms with Gasteiger partial charge in [0.2, 0.25) is 0 Å². The molecular weight excluding hydrogens is 499 g/mol. The molecule has 0 atom stereocenters. The Morgan fingerprint density at radius 2 is 1.69 bits per heavy atom. The Morgan fingerprint density at radius 3 is 2.29 bits per heavy atom. The number of fused-ring (bicyclic) bond motifs is 1. The smallest absolute Gasteiger partial charge is 0.416 e. The summed E-state index contributed by atoms with van der Waals surface area (Å²) in [4.78, 5) is 11.9. The minimum Gasteiger partial charge on any atom is -0.477 e. The molecule has 0 aliphatic carbocycles. The number of nitrogens with zero attached hydrogens (tertiary/aromatic N) is 1. The van der Waals surface area contributed by atoms with E-state index < -0.39 is 27.7 Å². The minimum atomic E-state index is -4.58. The van der Waals surface area contributed by atoms with Gasteiger partial charge in [-0.15, -0.1) is 11.3 Å². The van der Waals surface area contributed by atoms with Crippen LogP contribution in [0.5, 0.6) is 0 Å². The number of hydrogen-bond acceptors (Lipinski definition) is 4. The molecule has 10 heteroatoms. The molecule has 2 aromatic heterocycles. The molecule has 0 fully saturated rings. The normalized spacial score (nSPS) is 12.9. The van der Waals surface area contributed by atoms with Crippen molar-refractivity contribution in [3.05, 3.63) is 87.2 Å². The molecule has 4 rings (SSSR count). The number of benzene rings is 2. The van der Waals surface area contributed by atoms with Crippen molar-refractivity contribution in [3.8, 4) is 0 Å². The van der Waals surface area contributed by atoms with Crippen LogP contribution in [0.4, 0.5) is 13.2 Å². The third-order valence-corrected chi connectivity index (χ3v) is 8.46. The fraction of sp³-hybridized carbons (Fsp3) is 0.240. The van der Waals surface area contributed by atoms with Crippen LogP contribution in [-0.2, 0) is 28.0 Å². The first-order valence-electron chi connectivity index (χ1n) is 10.6. The SMILES string of the molecule is CC(C)(C)c1cccc(S(=O)(=O)n2c(Cc3ccc(C(=O)O)s3)cc3cc(C(F)(F)F)ccc32)c1. The van der Waals surface area contributed by atoms with Crippen molar-refractivity contribution >= 4 is 38.2 Å². The van der Waals surface area contributed by atoms with Crippen LogP contribution in [0.2, 0.25) is 0 Å². The molecule has 0 aliphatic rings. The monoisotopic (exact) mass is 521 g/mol. The third kappa shape index (κ3) is 4.85. The Labute approximate surface area is 204 Å². The fourth-order valence-corrected chi connectivity index (χ4v) is 6.28. The van der Waals surface area contributed by atoms with Gasteiger partial charge in [-0.2, -0.15) is 13.2 Å². The van der Waals surface area contributed by atoms with Gasteiger partial charge in [0.1, 0.15) is 4.88 Å². The van der Waals surface area contributed by atoms with Gasteiger partial charge in [0, 0.05) is 22.4 Å². The molecule has 2 aromatic carbocycles. The summed E-state index contributed by atoms with van der Waals surface area (Å²) in [5.74, 6) is -1.11. The predicted molar refractivity (Wildman–Crippen MR) is 129 cm³/mol. The van der Waals surface area contributed by atoms with E-state index in [-0.39, 0.29) is 38.2 Å². The van der Waals surface area contributed by atoms with Crippen LogP contribution in [0.25, 0.3) is 10.9 Å². The van der Waals surface area contributed by atoms with E-state index in [1.807, 2.05) is 26.8 Å². The predicted octanol–water partition coefficient (Wildman–Crippen LogP) is 6.55. The van der Waals surface area contributed by atoms with Crippen LogP contribution >= 0.6 is 11.3 Å². The van der Waals surface area contributed by atoms with E-state index >= 15 is 0 Å². The zero-order valence-electron chi connectivity index (χ0n) is 19.1. The number of carboxylic acid groups (broad SMARTS) is 1. The number of alkyl halides is 3. The van der Waals surface area contributed by atoms with E-state index in [2.05, 4.69) is 0 Å².